The summed E-state index contributed by atoms with van der Waals surface area (Å²) in [5.74, 6) is 0.408. The van der Waals surface area contributed by atoms with Crippen LogP contribution in [-0.4, -0.2) is 15.4 Å². The van der Waals surface area contributed by atoms with Gasteiger partial charge in [0.1, 0.15) is 4.32 Å². The predicted molar refractivity (Wildman–Crippen MR) is 44.7 cm³/mol. The fourth-order valence-electron chi connectivity index (χ4n) is 2.52. The molecular weight excluding hydrogens is 208 g/mol. The van der Waals surface area contributed by atoms with E-state index in [9.17, 15) is 4.79 Å². The van der Waals surface area contributed by atoms with E-state index in [1.54, 1.807) is 0 Å². The third-order valence-electron chi connectivity index (χ3n) is 3.13. The van der Waals surface area contributed by atoms with Crippen LogP contribution in [0.5, 0.6) is 0 Å². The number of hydrogen-bond acceptors (Lipinski definition) is 1. The largest absolute Gasteiger partial charge is 0.480 e. The van der Waals surface area contributed by atoms with Crippen molar-refractivity contribution in [3.05, 3.63) is 0 Å². The molecule has 2 rings (SSSR count). The third kappa shape index (κ3) is 0.934. The first kappa shape index (κ1) is 7.59. The summed E-state index contributed by atoms with van der Waals surface area (Å²) in [5, 5.41) is 8.95. The van der Waals surface area contributed by atoms with Crippen LogP contribution in [0.25, 0.3) is 0 Å². The molecule has 2 fully saturated rings. The van der Waals surface area contributed by atoms with E-state index in [0.717, 1.165) is 19.3 Å². The highest BCUT2D eigenvalue weighted by molar-refractivity contribution is 9.10. The van der Waals surface area contributed by atoms with E-state index in [2.05, 4.69) is 15.9 Å². The smallest absolute Gasteiger partial charge is 0.320 e. The van der Waals surface area contributed by atoms with Gasteiger partial charge in [0.25, 0.3) is 0 Å². The number of hydrogen-bond donors (Lipinski definition) is 1. The van der Waals surface area contributed by atoms with Gasteiger partial charge >= 0.3 is 5.97 Å². The number of halogens is 1. The summed E-state index contributed by atoms with van der Waals surface area (Å²) in [7, 11) is 0. The molecule has 0 unspecified atom stereocenters. The molecule has 2 aliphatic rings. The van der Waals surface area contributed by atoms with Gasteiger partial charge in [-0.3, -0.25) is 4.79 Å². The second-order valence-corrected chi connectivity index (χ2v) is 5.16. The lowest BCUT2D eigenvalue weighted by Crippen LogP contribution is -2.37. The third-order valence-corrected chi connectivity index (χ3v) is 4.44. The molecule has 0 amide bonds. The van der Waals surface area contributed by atoms with Gasteiger partial charge in [0.2, 0.25) is 0 Å². The first-order chi connectivity index (χ1) is 5.13. The van der Waals surface area contributed by atoms with Gasteiger partial charge in [-0.25, -0.2) is 0 Å². The van der Waals surface area contributed by atoms with E-state index in [-0.39, 0.29) is 0 Å². The Morgan fingerprint density at radius 1 is 1.55 bits per heavy atom. The molecule has 2 saturated carbocycles. The van der Waals surface area contributed by atoms with Gasteiger partial charge in [-0.15, -0.1) is 0 Å². The summed E-state index contributed by atoms with van der Waals surface area (Å²) in [6.07, 6.45) is 4.30. The molecule has 0 aromatic heterocycles. The monoisotopic (exact) mass is 218 g/mol. The molecule has 2 bridgehead atoms. The molecule has 0 aromatic carbocycles. The molecule has 3 atom stereocenters. The summed E-state index contributed by atoms with van der Waals surface area (Å²) in [6, 6.07) is 0. The Morgan fingerprint density at radius 2 is 2.27 bits per heavy atom. The van der Waals surface area contributed by atoms with Crippen molar-refractivity contribution < 1.29 is 9.90 Å². The molecule has 0 aromatic rings. The minimum atomic E-state index is -0.662. The lowest BCUT2D eigenvalue weighted by Gasteiger charge is -2.26. The number of fused-ring (bicyclic) bond motifs is 2. The number of carboxylic acid groups (broad SMARTS) is 1. The predicted octanol–water partition coefficient (Wildman–Crippen LogP) is 2.02. The van der Waals surface area contributed by atoms with Crippen molar-refractivity contribution in [1.82, 2.24) is 0 Å². The number of alkyl halides is 1. The average Bonchev–Trinajstić information content (AvgIpc) is 2.45. The van der Waals surface area contributed by atoms with Crippen molar-refractivity contribution in [3.8, 4) is 0 Å². The van der Waals surface area contributed by atoms with Gasteiger partial charge in [0.15, 0.2) is 0 Å². The van der Waals surface area contributed by atoms with Crippen LogP contribution >= 0.6 is 15.9 Å². The second kappa shape index (κ2) is 2.22. The SMILES string of the molecule is O=C(O)[C@@]1(Br)C[C@@H]2CC[C@H]1C2. The quantitative estimate of drug-likeness (QED) is 0.685. The minimum Gasteiger partial charge on any atom is -0.480 e. The zero-order valence-corrected chi connectivity index (χ0v) is 7.80. The van der Waals surface area contributed by atoms with Crippen LogP contribution in [0, 0.1) is 11.8 Å². The van der Waals surface area contributed by atoms with Crippen LogP contribution < -0.4 is 0 Å². The Kier molecular flexibility index (Phi) is 1.53. The van der Waals surface area contributed by atoms with Crippen LogP contribution in [0.1, 0.15) is 25.7 Å². The van der Waals surface area contributed by atoms with Gasteiger partial charge < -0.3 is 5.11 Å². The molecule has 0 radical (unpaired) electrons. The van der Waals surface area contributed by atoms with E-state index >= 15 is 0 Å². The van der Waals surface area contributed by atoms with E-state index in [1.165, 1.54) is 6.42 Å². The Morgan fingerprint density at radius 3 is 2.55 bits per heavy atom. The van der Waals surface area contributed by atoms with E-state index in [0.29, 0.717) is 11.8 Å². The van der Waals surface area contributed by atoms with Crippen molar-refractivity contribution in [2.45, 2.75) is 30.0 Å². The summed E-state index contributed by atoms with van der Waals surface area (Å²) >= 11 is 3.37. The summed E-state index contributed by atoms with van der Waals surface area (Å²) in [6.45, 7) is 0. The highest BCUT2D eigenvalue weighted by Gasteiger charge is 2.54. The summed E-state index contributed by atoms with van der Waals surface area (Å²) in [4.78, 5) is 10.9. The van der Waals surface area contributed by atoms with Gasteiger partial charge in [0.05, 0.1) is 0 Å². The van der Waals surface area contributed by atoms with E-state index in [4.69, 9.17) is 5.11 Å². The van der Waals surface area contributed by atoms with E-state index in [1.807, 2.05) is 0 Å². The van der Waals surface area contributed by atoms with Crippen LogP contribution in [0.2, 0.25) is 0 Å². The molecule has 62 valence electrons. The van der Waals surface area contributed by atoms with Crippen molar-refractivity contribution in [2.24, 2.45) is 11.8 Å². The Balaban J connectivity index is 2.23. The molecule has 0 heterocycles. The molecule has 0 aliphatic heterocycles. The highest BCUT2D eigenvalue weighted by Crippen LogP contribution is 2.55. The maximum absolute atomic E-state index is 10.9. The van der Waals surface area contributed by atoms with Crippen LogP contribution in [0.3, 0.4) is 0 Å². The van der Waals surface area contributed by atoms with Crippen LogP contribution in [-0.2, 0) is 4.79 Å². The number of rotatable bonds is 1. The van der Waals surface area contributed by atoms with Crippen molar-refractivity contribution >= 4 is 21.9 Å². The minimum absolute atomic E-state index is 0.394. The van der Waals surface area contributed by atoms with Gasteiger partial charge in [-0.2, -0.15) is 0 Å². The van der Waals surface area contributed by atoms with Crippen molar-refractivity contribution in [1.29, 1.82) is 0 Å². The maximum Gasteiger partial charge on any atom is 0.320 e. The molecule has 11 heavy (non-hydrogen) atoms. The molecule has 1 N–H and O–H groups in total. The molecule has 2 aliphatic carbocycles. The number of aliphatic carboxylic acids is 1. The van der Waals surface area contributed by atoms with Gasteiger partial charge in [0, 0.05) is 0 Å². The maximum atomic E-state index is 10.9. The van der Waals surface area contributed by atoms with Gasteiger partial charge in [-0.1, -0.05) is 22.4 Å². The normalized spacial score (nSPS) is 48.1. The first-order valence-corrected chi connectivity index (χ1v) is 4.84. The number of carboxylic acids is 1. The molecule has 0 saturated heterocycles. The topological polar surface area (TPSA) is 37.3 Å². The molecule has 2 nitrogen and oxygen atoms in total. The fraction of sp³-hybridized carbons (Fsp3) is 0.875. The average molecular weight is 219 g/mol. The summed E-state index contributed by atoms with van der Waals surface area (Å²) < 4.78 is -0.560. The standard InChI is InChI=1S/C8H11BrO2/c9-8(7(10)11)4-5-1-2-6(8)3-5/h5-6H,1-4H2,(H,10,11)/t5-,6+,8-/m1/s1. The van der Waals surface area contributed by atoms with Crippen molar-refractivity contribution in [2.75, 3.05) is 0 Å². The molecular formula is C8H11BrO2. The first-order valence-electron chi connectivity index (χ1n) is 4.05. The van der Waals surface area contributed by atoms with Crippen LogP contribution in [0.15, 0.2) is 0 Å². The van der Waals surface area contributed by atoms with E-state index < -0.39 is 10.3 Å². The number of carbonyl (C=O) groups is 1. The zero-order chi connectivity index (χ0) is 8.06. The second-order valence-electron chi connectivity index (χ2n) is 3.75. The fourth-order valence-corrected chi connectivity index (χ4v) is 3.40. The Bertz CT molecular complexity index is 204. The molecule has 3 heteroatoms. The molecule has 0 spiro atoms. The zero-order valence-electron chi connectivity index (χ0n) is 6.22. The van der Waals surface area contributed by atoms with Crippen molar-refractivity contribution in [3.63, 3.8) is 0 Å². The lowest BCUT2D eigenvalue weighted by molar-refractivity contribution is -0.141. The Labute approximate surface area is 74.1 Å². The lowest BCUT2D eigenvalue weighted by atomic mass is 9.89. The highest BCUT2D eigenvalue weighted by atomic mass is 79.9. The van der Waals surface area contributed by atoms with Crippen LogP contribution in [0.4, 0.5) is 0 Å². The summed E-state index contributed by atoms with van der Waals surface area (Å²) in [5.41, 5.74) is 0. The van der Waals surface area contributed by atoms with Gasteiger partial charge in [-0.05, 0) is 31.1 Å². The Hall–Kier alpha value is -0.0500.